The molecule has 3 aromatic rings. The van der Waals surface area contributed by atoms with Crippen LogP contribution in [-0.4, -0.2) is 40.9 Å². The number of nitro groups is 1. The van der Waals surface area contributed by atoms with Crippen molar-refractivity contribution >= 4 is 22.5 Å². The Hall–Kier alpha value is -3.61. The summed E-state index contributed by atoms with van der Waals surface area (Å²) >= 11 is 0. The van der Waals surface area contributed by atoms with E-state index in [1.165, 1.54) is 11.6 Å². The molecule has 1 fully saturated rings. The van der Waals surface area contributed by atoms with Gasteiger partial charge in [-0.15, -0.1) is 0 Å². The molecule has 1 aromatic heterocycles. The van der Waals surface area contributed by atoms with E-state index in [1.54, 1.807) is 19.2 Å². The van der Waals surface area contributed by atoms with Crippen LogP contribution in [0.25, 0.3) is 10.9 Å². The van der Waals surface area contributed by atoms with Crippen molar-refractivity contribution in [3.05, 3.63) is 82.1 Å². The van der Waals surface area contributed by atoms with Crippen molar-refractivity contribution in [3.63, 3.8) is 0 Å². The molecule has 32 heavy (non-hydrogen) atoms. The van der Waals surface area contributed by atoms with Gasteiger partial charge in [-0.3, -0.25) is 14.9 Å². The van der Waals surface area contributed by atoms with Gasteiger partial charge >= 0.3 is 0 Å². The standard InChI is InChI=1S/C25H25N3O4/c1-3-23(29)27-11-10-25(16-6-4-7-18(12-16)32-2)14-21-19(13-17(25)15-27)24-20(26-21)8-5-9-22(24)28(30)31/h3-9,12,17,26H,1,10-11,13-15H2,2H3/t17?,25-/m1/s1. The predicted molar refractivity (Wildman–Crippen MR) is 122 cm³/mol. The quantitative estimate of drug-likeness (QED) is 0.382. The Morgan fingerprint density at radius 2 is 2.16 bits per heavy atom. The van der Waals surface area contributed by atoms with Crippen molar-refractivity contribution in [1.29, 1.82) is 0 Å². The fourth-order valence-corrected chi connectivity index (χ4v) is 5.75. The molecule has 7 nitrogen and oxygen atoms in total. The number of methoxy groups -OCH3 is 1. The molecule has 1 N–H and O–H groups in total. The molecule has 1 unspecified atom stereocenters. The SMILES string of the molecule is C=CC(=O)N1CC[C@]2(c3cccc(OC)c3)Cc3[nH]c4cccc([N+](=O)[O-])c4c3CC2C1. The highest BCUT2D eigenvalue weighted by Crippen LogP contribution is 2.50. The first-order valence-corrected chi connectivity index (χ1v) is 10.8. The monoisotopic (exact) mass is 431 g/mol. The van der Waals surface area contributed by atoms with Crippen LogP contribution < -0.4 is 4.74 Å². The first kappa shape index (κ1) is 20.3. The van der Waals surface area contributed by atoms with E-state index >= 15 is 0 Å². The molecule has 2 aliphatic rings. The lowest BCUT2D eigenvalue weighted by Crippen LogP contribution is -2.54. The number of piperidine rings is 1. The highest BCUT2D eigenvalue weighted by molar-refractivity contribution is 5.93. The molecule has 1 amide bonds. The van der Waals surface area contributed by atoms with Gasteiger partial charge in [0, 0.05) is 30.3 Å². The molecule has 1 saturated heterocycles. The van der Waals surface area contributed by atoms with Gasteiger partial charge in [-0.25, -0.2) is 0 Å². The molecule has 0 spiro atoms. The molecule has 2 heterocycles. The summed E-state index contributed by atoms with van der Waals surface area (Å²) < 4.78 is 5.50. The topological polar surface area (TPSA) is 88.5 Å². The molecule has 0 radical (unpaired) electrons. The van der Waals surface area contributed by atoms with Gasteiger partial charge in [-0.05, 0) is 60.6 Å². The van der Waals surface area contributed by atoms with E-state index < -0.39 is 0 Å². The van der Waals surface area contributed by atoms with Gasteiger partial charge in [0.25, 0.3) is 5.69 Å². The summed E-state index contributed by atoms with van der Waals surface area (Å²) in [7, 11) is 1.66. The summed E-state index contributed by atoms with van der Waals surface area (Å²) in [4.78, 5) is 29.2. The molecular formula is C25H25N3O4. The Labute approximate surface area is 185 Å². The van der Waals surface area contributed by atoms with Gasteiger partial charge < -0.3 is 14.6 Å². The van der Waals surface area contributed by atoms with Crippen LogP contribution in [0, 0.1) is 16.0 Å². The van der Waals surface area contributed by atoms with Crippen LogP contribution in [0.15, 0.2) is 55.1 Å². The summed E-state index contributed by atoms with van der Waals surface area (Å²) in [5.41, 5.74) is 3.98. The zero-order valence-corrected chi connectivity index (χ0v) is 18.0. The Bertz CT molecular complexity index is 1250. The second-order valence-electron chi connectivity index (χ2n) is 8.74. The third-order valence-corrected chi connectivity index (χ3v) is 7.31. The van der Waals surface area contributed by atoms with Gasteiger partial charge in [0.2, 0.25) is 5.91 Å². The number of fused-ring (bicyclic) bond motifs is 4. The number of nitro benzene ring substituents is 1. The minimum absolute atomic E-state index is 0.0695. The lowest BCUT2D eigenvalue weighted by molar-refractivity contribution is -0.383. The van der Waals surface area contributed by atoms with Crippen LogP contribution in [0.5, 0.6) is 5.75 Å². The molecule has 1 aliphatic heterocycles. The number of ether oxygens (including phenoxy) is 1. The maximum Gasteiger partial charge on any atom is 0.279 e. The van der Waals surface area contributed by atoms with Crippen molar-refractivity contribution < 1.29 is 14.5 Å². The number of H-pyrrole nitrogens is 1. The average Bonchev–Trinajstić information content (AvgIpc) is 3.18. The van der Waals surface area contributed by atoms with Crippen LogP contribution >= 0.6 is 0 Å². The summed E-state index contributed by atoms with van der Waals surface area (Å²) in [6.45, 7) is 4.89. The second-order valence-corrected chi connectivity index (χ2v) is 8.74. The first-order chi connectivity index (χ1) is 15.5. The lowest BCUT2D eigenvalue weighted by Gasteiger charge is -2.50. The number of carbonyl (C=O) groups is 1. The molecule has 1 aliphatic carbocycles. The smallest absolute Gasteiger partial charge is 0.279 e. The van der Waals surface area contributed by atoms with Crippen molar-refractivity contribution in [2.75, 3.05) is 20.2 Å². The number of likely N-dealkylation sites (tertiary alicyclic amines) is 1. The van der Waals surface area contributed by atoms with Crippen molar-refractivity contribution in [2.24, 2.45) is 5.92 Å². The van der Waals surface area contributed by atoms with E-state index in [1.807, 2.05) is 23.1 Å². The van der Waals surface area contributed by atoms with Gasteiger partial charge in [0.15, 0.2) is 0 Å². The van der Waals surface area contributed by atoms with E-state index in [9.17, 15) is 14.9 Å². The molecule has 0 bridgehead atoms. The zero-order chi connectivity index (χ0) is 22.5. The number of hydrogen-bond acceptors (Lipinski definition) is 4. The Balaban J connectivity index is 1.67. The van der Waals surface area contributed by atoms with E-state index in [4.69, 9.17) is 4.74 Å². The van der Waals surface area contributed by atoms with E-state index in [2.05, 4.69) is 23.7 Å². The number of benzene rings is 2. The summed E-state index contributed by atoms with van der Waals surface area (Å²) in [6.07, 6.45) is 3.57. The van der Waals surface area contributed by atoms with Crippen molar-refractivity contribution in [2.45, 2.75) is 24.7 Å². The Morgan fingerprint density at radius 3 is 2.91 bits per heavy atom. The predicted octanol–water partition coefficient (Wildman–Crippen LogP) is 4.16. The number of hydrogen-bond donors (Lipinski definition) is 1. The number of aromatic amines is 1. The molecule has 0 saturated carbocycles. The molecule has 7 heteroatoms. The van der Waals surface area contributed by atoms with Crippen LogP contribution in [0.3, 0.4) is 0 Å². The zero-order valence-electron chi connectivity index (χ0n) is 18.0. The Kier molecular flexibility index (Phi) is 4.77. The van der Waals surface area contributed by atoms with Crippen molar-refractivity contribution in [3.8, 4) is 5.75 Å². The maximum atomic E-state index is 12.4. The summed E-state index contributed by atoms with van der Waals surface area (Å²) in [5, 5.41) is 12.4. The average molecular weight is 431 g/mol. The highest BCUT2D eigenvalue weighted by atomic mass is 16.6. The van der Waals surface area contributed by atoms with Crippen LogP contribution in [0.1, 0.15) is 23.2 Å². The minimum Gasteiger partial charge on any atom is -0.497 e. The molecule has 5 rings (SSSR count). The first-order valence-electron chi connectivity index (χ1n) is 10.8. The fraction of sp³-hybridized carbons (Fsp3) is 0.320. The number of rotatable bonds is 4. The number of amides is 1. The van der Waals surface area contributed by atoms with Crippen LogP contribution in [0.4, 0.5) is 5.69 Å². The summed E-state index contributed by atoms with van der Waals surface area (Å²) in [6, 6.07) is 13.4. The second kappa shape index (κ2) is 7.51. The van der Waals surface area contributed by atoms with Crippen LogP contribution in [-0.2, 0) is 23.1 Å². The van der Waals surface area contributed by atoms with Crippen LogP contribution in [0.2, 0.25) is 0 Å². The minimum atomic E-state index is -0.311. The third kappa shape index (κ3) is 2.99. The maximum absolute atomic E-state index is 12.4. The Morgan fingerprint density at radius 1 is 1.34 bits per heavy atom. The van der Waals surface area contributed by atoms with Gasteiger partial charge in [-0.1, -0.05) is 24.8 Å². The number of non-ortho nitro benzene ring substituents is 1. The lowest BCUT2D eigenvalue weighted by atomic mass is 9.58. The van der Waals surface area contributed by atoms with Gasteiger partial charge in [0.1, 0.15) is 5.75 Å². The largest absolute Gasteiger partial charge is 0.497 e. The number of carbonyl (C=O) groups excluding carboxylic acids is 1. The number of aromatic nitrogens is 1. The fourth-order valence-electron chi connectivity index (χ4n) is 5.75. The normalized spacial score (nSPS) is 22.2. The van der Waals surface area contributed by atoms with E-state index in [0.717, 1.165) is 35.4 Å². The van der Waals surface area contributed by atoms with Gasteiger partial charge in [0.05, 0.1) is 22.9 Å². The number of nitrogens with zero attached hydrogens (tertiary/aromatic N) is 2. The van der Waals surface area contributed by atoms with E-state index in [0.29, 0.717) is 24.9 Å². The molecule has 2 aromatic carbocycles. The van der Waals surface area contributed by atoms with Crippen molar-refractivity contribution in [1.82, 2.24) is 9.88 Å². The molecular weight excluding hydrogens is 406 g/mol. The summed E-state index contributed by atoms with van der Waals surface area (Å²) in [5.74, 6) is 0.858. The molecule has 164 valence electrons. The molecule has 2 atom stereocenters. The highest BCUT2D eigenvalue weighted by Gasteiger charge is 2.49. The number of nitrogens with one attached hydrogen (secondary N) is 1. The van der Waals surface area contributed by atoms with Gasteiger partial charge in [-0.2, -0.15) is 0 Å². The van der Waals surface area contributed by atoms with E-state index in [-0.39, 0.29) is 27.9 Å². The third-order valence-electron chi connectivity index (χ3n) is 7.31.